The SMILES string of the molecule is COc1cccc([C@H](C)NC(C)CC2CCCCCN2)c1. The van der Waals surface area contributed by atoms with E-state index in [-0.39, 0.29) is 0 Å². The monoisotopic (exact) mass is 290 g/mol. The zero-order chi connectivity index (χ0) is 15.1. The Morgan fingerprint density at radius 3 is 2.95 bits per heavy atom. The highest BCUT2D eigenvalue weighted by molar-refractivity contribution is 5.30. The van der Waals surface area contributed by atoms with Crippen LogP contribution >= 0.6 is 0 Å². The third-order valence-electron chi connectivity index (χ3n) is 4.43. The molecule has 1 heterocycles. The molecule has 1 fully saturated rings. The maximum Gasteiger partial charge on any atom is 0.119 e. The average molecular weight is 290 g/mol. The first-order chi connectivity index (χ1) is 10.2. The topological polar surface area (TPSA) is 33.3 Å². The van der Waals surface area contributed by atoms with E-state index in [4.69, 9.17) is 4.74 Å². The molecule has 1 saturated heterocycles. The molecular formula is C18H30N2O. The highest BCUT2D eigenvalue weighted by Gasteiger charge is 2.16. The Bertz CT molecular complexity index is 413. The molecule has 0 aliphatic carbocycles. The molecule has 2 rings (SSSR count). The van der Waals surface area contributed by atoms with Crippen molar-refractivity contribution in [2.75, 3.05) is 13.7 Å². The zero-order valence-corrected chi connectivity index (χ0v) is 13.7. The number of methoxy groups -OCH3 is 1. The maximum atomic E-state index is 5.31. The second-order valence-corrected chi connectivity index (χ2v) is 6.30. The minimum Gasteiger partial charge on any atom is -0.497 e. The van der Waals surface area contributed by atoms with E-state index in [9.17, 15) is 0 Å². The van der Waals surface area contributed by atoms with Crippen molar-refractivity contribution in [2.45, 2.75) is 64.1 Å². The van der Waals surface area contributed by atoms with Crippen molar-refractivity contribution in [2.24, 2.45) is 0 Å². The zero-order valence-electron chi connectivity index (χ0n) is 13.7. The molecule has 0 spiro atoms. The van der Waals surface area contributed by atoms with E-state index in [1.54, 1.807) is 7.11 Å². The van der Waals surface area contributed by atoms with E-state index < -0.39 is 0 Å². The van der Waals surface area contributed by atoms with Gasteiger partial charge in [-0.2, -0.15) is 0 Å². The van der Waals surface area contributed by atoms with Crippen molar-refractivity contribution in [1.29, 1.82) is 0 Å². The molecule has 2 N–H and O–H groups in total. The third-order valence-corrected chi connectivity index (χ3v) is 4.43. The van der Waals surface area contributed by atoms with Gasteiger partial charge in [-0.15, -0.1) is 0 Å². The smallest absolute Gasteiger partial charge is 0.119 e. The molecule has 3 nitrogen and oxygen atoms in total. The van der Waals surface area contributed by atoms with Crippen molar-refractivity contribution in [3.05, 3.63) is 29.8 Å². The lowest BCUT2D eigenvalue weighted by Crippen LogP contribution is -2.37. The fourth-order valence-corrected chi connectivity index (χ4v) is 3.23. The van der Waals surface area contributed by atoms with Crippen LogP contribution < -0.4 is 15.4 Å². The van der Waals surface area contributed by atoms with Gasteiger partial charge in [0.2, 0.25) is 0 Å². The molecule has 0 aromatic heterocycles. The van der Waals surface area contributed by atoms with Crippen LogP contribution in [0, 0.1) is 0 Å². The van der Waals surface area contributed by atoms with E-state index in [0.29, 0.717) is 18.1 Å². The van der Waals surface area contributed by atoms with Crippen LogP contribution in [-0.2, 0) is 0 Å². The first kappa shape index (κ1) is 16.3. The van der Waals surface area contributed by atoms with Gasteiger partial charge in [0.05, 0.1) is 7.11 Å². The van der Waals surface area contributed by atoms with Gasteiger partial charge in [0.25, 0.3) is 0 Å². The van der Waals surface area contributed by atoms with Crippen molar-refractivity contribution >= 4 is 0 Å². The second-order valence-electron chi connectivity index (χ2n) is 6.30. The summed E-state index contributed by atoms with van der Waals surface area (Å²) in [4.78, 5) is 0. The molecular weight excluding hydrogens is 260 g/mol. The molecule has 1 aliphatic heterocycles. The van der Waals surface area contributed by atoms with Crippen LogP contribution in [0.3, 0.4) is 0 Å². The van der Waals surface area contributed by atoms with Gasteiger partial charge in [0.1, 0.15) is 5.75 Å². The van der Waals surface area contributed by atoms with E-state index >= 15 is 0 Å². The van der Waals surface area contributed by atoms with Crippen LogP contribution in [0.5, 0.6) is 5.75 Å². The first-order valence-corrected chi connectivity index (χ1v) is 8.32. The summed E-state index contributed by atoms with van der Waals surface area (Å²) >= 11 is 0. The normalized spacial score (nSPS) is 22.3. The lowest BCUT2D eigenvalue weighted by Gasteiger charge is -2.25. The van der Waals surface area contributed by atoms with Crippen molar-refractivity contribution in [1.82, 2.24) is 10.6 Å². The lowest BCUT2D eigenvalue weighted by molar-refractivity contribution is 0.379. The average Bonchev–Trinajstić information content (AvgIpc) is 2.75. The number of hydrogen-bond acceptors (Lipinski definition) is 3. The molecule has 2 unspecified atom stereocenters. The fourth-order valence-electron chi connectivity index (χ4n) is 3.23. The molecule has 118 valence electrons. The van der Waals surface area contributed by atoms with Gasteiger partial charge in [-0.25, -0.2) is 0 Å². The van der Waals surface area contributed by atoms with Gasteiger partial charge in [0.15, 0.2) is 0 Å². The van der Waals surface area contributed by atoms with E-state index in [0.717, 1.165) is 5.75 Å². The summed E-state index contributed by atoms with van der Waals surface area (Å²) in [6.07, 6.45) is 6.60. The summed E-state index contributed by atoms with van der Waals surface area (Å²) in [5.41, 5.74) is 1.29. The van der Waals surface area contributed by atoms with Crippen LogP contribution in [0.15, 0.2) is 24.3 Å². The molecule has 3 heteroatoms. The van der Waals surface area contributed by atoms with Gasteiger partial charge in [-0.1, -0.05) is 25.0 Å². The number of rotatable bonds is 6. The molecule has 21 heavy (non-hydrogen) atoms. The summed E-state index contributed by atoms with van der Waals surface area (Å²) in [5.74, 6) is 0.930. The van der Waals surface area contributed by atoms with Gasteiger partial charge in [-0.05, 0) is 57.4 Å². The van der Waals surface area contributed by atoms with Crippen LogP contribution in [0.25, 0.3) is 0 Å². The summed E-state index contributed by atoms with van der Waals surface area (Å²) in [6, 6.07) is 9.87. The summed E-state index contributed by atoms with van der Waals surface area (Å²) < 4.78 is 5.31. The predicted octanol–water partition coefficient (Wildman–Crippen LogP) is 3.66. The molecule has 0 saturated carbocycles. The summed E-state index contributed by atoms with van der Waals surface area (Å²) in [6.45, 7) is 5.71. The molecule has 1 aromatic carbocycles. The van der Waals surface area contributed by atoms with Gasteiger partial charge in [-0.3, -0.25) is 0 Å². The van der Waals surface area contributed by atoms with E-state index in [1.807, 2.05) is 6.07 Å². The Labute approximate surface area is 129 Å². The number of ether oxygens (including phenoxy) is 1. The number of benzene rings is 1. The predicted molar refractivity (Wildman–Crippen MR) is 88.9 cm³/mol. The number of hydrogen-bond donors (Lipinski definition) is 2. The van der Waals surface area contributed by atoms with Gasteiger partial charge in [0, 0.05) is 18.1 Å². The van der Waals surface area contributed by atoms with Crippen LogP contribution in [0.4, 0.5) is 0 Å². The Morgan fingerprint density at radius 2 is 2.14 bits per heavy atom. The van der Waals surface area contributed by atoms with Crippen LogP contribution in [0.1, 0.15) is 57.6 Å². The Morgan fingerprint density at radius 1 is 1.29 bits per heavy atom. The third kappa shape index (κ3) is 5.33. The van der Waals surface area contributed by atoms with E-state index in [2.05, 4.69) is 42.7 Å². The summed E-state index contributed by atoms with van der Waals surface area (Å²) in [5, 5.41) is 7.40. The lowest BCUT2D eigenvalue weighted by atomic mass is 10.0. The second kappa shape index (κ2) is 8.40. The Hall–Kier alpha value is -1.06. The minimum absolute atomic E-state index is 0.348. The van der Waals surface area contributed by atoms with Crippen molar-refractivity contribution < 1.29 is 4.74 Å². The first-order valence-electron chi connectivity index (χ1n) is 8.32. The molecule has 3 atom stereocenters. The van der Waals surface area contributed by atoms with Crippen LogP contribution in [-0.4, -0.2) is 25.7 Å². The largest absolute Gasteiger partial charge is 0.497 e. The standard InChI is InChI=1S/C18H30N2O/c1-14(12-17-9-5-4-6-11-19-17)20-15(2)16-8-7-10-18(13-16)21-3/h7-8,10,13-15,17,19-20H,4-6,9,11-12H2,1-3H3/t14?,15-,17?/m0/s1. The quantitative estimate of drug-likeness (QED) is 0.839. The van der Waals surface area contributed by atoms with Gasteiger partial charge >= 0.3 is 0 Å². The molecule has 0 bridgehead atoms. The molecule has 0 amide bonds. The molecule has 0 radical (unpaired) electrons. The van der Waals surface area contributed by atoms with Crippen molar-refractivity contribution in [3.8, 4) is 5.75 Å². The Kier molecular flexibility index (Phi) is 6.52. The highest BCUT2D eigenvalue weighted by Crippen LogP contribution is 2.20. The summed E-state index contributed by atoms with van der Waals surface area (Å²) in [7, 11) is 1.72. The molecule has 1 aromatic rings. The Balaban J connectivity index is 1.84. The number of nitrogens with one attached hydrogen (secondary N) is 2. The van der Waals surface area contributed by atoms with E-state index in [1.165, 1.54) is 44.2 Å². The van der Waals surface area contributed by atoms with Crippen molar-refractivity contribution in [3.63, 3.8) is 0 Å². The van der Waals surface area contributed by atoms with Gasteiger partial charge < -0.3 is 15.4 Å². The van der Waals surface area contributed by atoms with Crippen LogP contribution in [0.2, 0.25) is 0 Å². The fraction of sp³-hybridized carbons (Fsp3) is 0.667. The minimum atomic E-state index is 0.348. The highest BCUT2D eigenvalue weighted by atomic mass is 16.5. The molecule has 1 aliphatic rings. The maximum absolute atomic E-state index is 5.31.